The first-order chi connectivity index (χ1) is 12.1. The number of hydrogen-bond acceptors (Lipinski definition) is 9. The molecule has 3 heterocycles. The Balaban J connectivity index is 1.67. The van der Waals surface area contributed by atoms with Gasteiger partial charge in [0.05, 0.1) is 26.3 Å². The van der Waals surface area contributed by atoms with Gasteiger partial charge in [-0.25, -0.2) is 9.97 Å². The van der Waals surface area contributed by atoms with Crippen LogP contribution >= 0.6 is 11.8 Å². The van der Waals surface area contributed by atoms with E-state index in [2.05, 4.69) is 30.2 Å². The molecule has 0 aliphatic rings. The first kappa shape index (κ1) is 16.8. The Labute approximate surface area is 146 Å². The molecule has 11 heteroatoms. The van der Waals surface area contributed by atoms with Crippen molar-refractivity contribution in [1.82, 2.24) is 24.9 Å². The molecule has 0 saturated heterocycles. The Bertz CT molecular complexity index is 915. The fourth-order valence-corrected chi connectivity index (χ4v) is 2.83. The third-order valence-electron chi connectivity index (χ3n) is 3.12. The molecule has 0 atom stereocenters. The lowest BCUT2D eigenvalue weighted by atomic mass is 10.4. The van der Waals surface area contributed by atoms with E-state index in [1.807, 2.05) is 0 Å². The molecule has 1 amide bonds. The van der Waals surface area contributed by atoms with E-state index < -0.39 is 0 Å². The molecule has 10 nitrogen and oxygen atoms in total. The number of pyridine rings is 1. The number of aromatic amines is 1. The highest BCUT2D eigenvalue weighted by molar-refractivity contribution is 8.00. The standard InChI is InChI=1S/C14H15N7O3S/c1-23-7-3-4-8(19-12(7)24-2)18-9(22)5-25-13-10-11(17-6-16-10)20-14(15)21-13/h3-4,6H,5H2,1-2H3,(H,18,19,22)(H3,15,16,17,20,21). The highest BCUT2D eigenvalue weighted by Crippen LogP contribution is 2.26. The van der Waals surface area contributed by atoms with Gasteiger partial charge in [0.1, 0.15) is 16.4 Å². The average molecular weight is 361 g/mol. The number of anilines is 2. The molecule has 3 aromatic heterocycles. The minimum atomic E-state index is -0.255. The van der Waals surface area contributed by atoms with Crippen molar-refractivity contribution in [3.8, 4) is 11.6 Å². The fraction of sp³-hybridized carbons (Fsp3) is 0.214. The Kier molecular flexibility index (Phi) is 4.84. The maximum Gasteiger partial charge on any atom is 0.258 e. The number of H-pyrrole nitrogens is 1. The number of ether oxygens (including phenoxy) is 2. The molecular weight excluding hydrogens is 346 g/mol. The second kappa shape index (κ2) is 7.21. The van der Waals surface area contributed by atoms with Gasteiger partial charge in [-0.3, -0.25) is 4.79 Å². The van der Waals surface area contributed by atoms with Gasteiger partial charge in [0, 0.05) is 0 Å². The fourth-order valence-electron chi connectivity index (χ4n) is 2.04. The van der Waals surface area contributed by atoms with Crippen molar-refractivity contribution >= 4 is 40.6 Å². The van der Waals surface area contributed by atoms with Crippen molar-refractivity contribution < 1.29 is 14.3 Å². The zero-order chi connectivity index (χ0) is 17.8. The smallest absolute Gasteiger partial charge is 0.258 e. The van der Waals surface area contributed by atoms with Crippen LogP contribution < -0.4 is 20.5 Å². The third-order valence-corrected chi connectivity index (χ3v) is 4.09. The molecule has 0 unspecified atom stereocenters. The van der Waals surface area contributed by atoms with Gasteiger partial charge in [-0.2, -0.15) is 9.97 Å². The topological polar surface area (TPSA) is 141 Å². The van der Waals surface area contributed by atoms with Crippen molar-refractivity contribution in [2.75, 3.05) is 31.0 Å². The lowest BCUT2D eigenvalue weighted by Gasteiger charge is -2.09. The van der Waals surface area contributed by atoms with E-state index in [4.69, 9.17) is 15.2 Å². The van der Waals surface area contributed by atoms with Gasteiger partial charge in [-0.1, -0.05) is 11.8 Å². The van der Waals surface area contributed by atoms with Gasteiger partial charge >= 0.3 is 0 Å². The highest BCUT2D eigenvalue weighted by Gasteiger charge is 2.13. The van der Waals surface area contributed by atoms with Gasteiger partial charge < -0.3 is 25.5 Å². The predicted octanol–water partition coefficient (Wildman–Crippen LogP) is 1.08. The molecule has 3 aromatic rings. The second-order valence-electron chi connectivity index (χ2n) is 4.73. The van der Waals surface area contributed by atoms with E-state index >= 15 is 0 Å². The van der Waals surface area contributed by atoms with Crippen LogP contribution in [0.25, 0.3) is 11.2 Å². The zero-order valence-corrected chi connectivity index (χ0v) is 14.3. The van der Waals surface area contributed by atoms with E-state index in [0.29, 0.717) is 27.8 Å². The molecule has 4 N–H and O–H groups in total. The number of nitrogen functional groups attached to an aromatic ring is 1. The summed E-state index contributed by atoms with van der Waals surface area (Å²) in [4.78, 5) is 31.4. The molecule has 0 aromatic carbocycles. The number of nitrogens with zero attached hydrogens (tertiary/aromatic N) is 4. The summed E-state index contributed by atoms with van der Waals surface area (Å²) in [6.45, 7) is 0. The summed E-state index contributed by atoms with van der Waals surface area (Å²) in [6.07, 6.45) is 1.50. The number of thioether (sulfide) groups is 1. The number of methoxy groups -OCH3 is 2. The lowest BCUT2D eigenvalue weighted by Crippen LogP contribution is -2.15. The summed E-state index contributed by atoms with van der Waals surface area (Å²) in [6, 6.07) is 3.29. The normalized spacial score (nSPS) is 10.6. The van der Waals surface area contributed by atoms with Crippen LogP contribution in [-0.2, 0) is 4.79 Å². The molecule has 0 radical (unpaired) electrons. The molecule has 0 aliphatic heterocycles. The molecule has 130 valence electrons. The van der Waals surface area contributed by atoms with Crippen molar-refractivity contribution in [2.45, 2.75) is 5.03 Å². The highest BCUT2D eigenvalue weighted by atomic mass is 32.2. The monoisotopic (exact) mass is 361 g/mol. The summed E-state index contributed by atoms with van der Waals surface area (Å²) < 4.78 is 10.2. The minimum absolute atomic E-state index is 0.101. The van der Waals surface area contributed by atoms with Crippen molar-refractivity contribution in [2.24, 2.45) is 0 Å². The minimum Gasteiger partial charge on any atom is -0.491 e. The van der Waals surface area contributed by atoms with E-state index in [9.17, 15) is 4.79 Å². The molecule has 0 fully saturated rings. The Hall–Kier alpha value is -3.08. The number of carbonyl (C=O) groups is 1. The number of hydrogen-bond donors (Lipinski definition) is 3. The Morgan fingerprint density at radius 3 is 2.88 bits per heavy atom. The van der Waals surface area contributed by atoms with Crippen molar-refractivity contribution in [3.05, 3.63) is 18.5 Å². The molecule has 0 bridgehead atoms. The number of aromatic nitrogens is 5. The largest absolute Gasteiger partial charge is 0.491 e. The third kappa shape index (κ3) is 3.71. The molecule has 0 aliphatic carbocycles. The van der Waals surface area contributed by atoms with E-state index in [-0.39, 0.29) is 23.5 Å². The van der Waals surface area contributed by atoms with E-state index in [1.165, 1.54) is 32.3 Å². The quantitative estimate of drug-likeness (QED) is 0.434. The SMILES string of the molecule is COc1ccc(NC(=O)CSc2nc(N)nc3nc[nH]c23)nc1OC. The summed E-state index contributed by atoms with van der Waals surface area (Å²) in [5.41, 5.74) is 6.74. The van der Waals surface area contributed by atoms with E-state index in [0.717, 1.165) is 0 Å². The average Bonchev–Trinajstić information content (AvgIpc) is 3.07. The van der Waals surface area contributed by atoms with Crippen LogP contribution in [0.4, 0.5) is 11.8 Å². The summed E-state index contributed by atoms with van der Waals surface area (Å²) in [5, 5.41) is 3.24. The molecule has 3 rings (SSSR count). The first-order valence-electron chi connectivity index (χ1n) is 7.09. The summed E-state index contributed by atoms with van der Waals surface area (Å²) >= 11 is 1.22. The van der Waals surface area contributed by atoms with Gasteiger partial charge in [-0.05, 0) is 12.1 Å². The van der Waals surface area contributed by atoms with Crippen molar-refractivity contribution in [3.63, 3.8) is 0 Å². The summed E-state index contributed by atoms with van der Waals surface area (Å²) in [7, 11) is 2.99. The van der Waals surface area contributed by atoms with Crippen LogP contribution in [0.3, 0.4) is 0 Å². The molecule has 25 heavy (non-hydrogen) atoms. The first-order valence-corrected chi connectivity index (χ1v) is 8.07. The number of carbonyl (C=O) groups excluding carboxylic acids is 1. The number of fused-ring (bicyclic) bond motifs is 1. The van der Waals surface area contributed by atoms with Gasteiger partial charge in [0.15, 0.2) is 11.4 Å². The number of amides is 1. The predicted molar refractivity (Wildman–Crippen MR) is 92.8 cm³/mol. The van der Waals surface area contributed by atoms with Crippen molar-refractivity contribution in [1.29, 1.82) is 0 Å². The van der Waals surface area contributed by atoms with Gasteiger partial charge in [-0.15, -0.1) is 0 Å². The summed E-state index contributed by atoms with van der Waals surface area (Å²) in [5.74, 6) is 1.08. The maximum absolute atomic E-state index is 12.2. The maximum atomic E-state index is 12.2. The van der Waals surface area contributed by atoms with Gasteiger partial charge in [0.25, 0.3) is 5.88 Å². The number of nitrogens with one attached hydrogen (secondary N) is 2. The van der Waals surface area contributed by atoms with Crippen LogP contribution in [0.5, 0.6) is 11.6 Å². The van der Waals surface area contributed by atoms with Gasteiger partial charge in [0.2, 0.25) is 11.9 Å². The molecular formula is C14H15N7O3S. The Morgan fingerprint density at radius 1 is 1.28 bits per heavy atom. The number of imidazole rings is 1. The van der Waals surface area contributed by atoms with Crippen LogP contribution in [0.2, 0.25) is 0 Å². The van der Waals surface area contributed by atoms with Crippen LogP contribution in [0.15, 0.2) is 23.5 Å². The Morgan fingerprint density at radius 2 is 2.12 bits per heavy atom. The van der Waals surface area contributed by atoms with Crippen LogP contribution in [0, 0.1) is 0 Å². The second-order valence-corrected chi connectivity index (χ2v) is 5.70. The lowest BCUT2D eigenvalue weighted by molar-refractivity contribution is -0.113. The van der Waals surface area contributed by atoms with Crippen LogP contribution in [0.1, 0.15) is 0 Å². The number of rotatable bonds is 6. The number of nitrogens with two attached hydrogens (primary N) is 1. The zero-order valence-electron chi connectivity index (χ0n) is 13.4. The van der Waals surface area contributed by atoms with E-state index in [1.54, 1.807) is 12.1 Å². The van der Waals surface area contributed by atoms with Crippen LogP contribution in [-0.4, -0.2) is 50.8 Å². The molecule has 0 spiro atoms. The molecule has 0 saturated carbocycles.